The van der Waals surface area contributed by atoms with E-state index in [4.69, 9.17) is 28.8 Å². The molecular weight excluding hydrogens is 362 g/mol. The third kappa shape index (κ3) is 4.24. The summed E-state index contributed by atoms with van der Waals surface area (Å²) in [5.74, 6) is 2.50. The fourth-order valence-electron chi connectivity index (χ4n) is 1.54. The molecule has 0 atom stereocenters. The zero-order valence-electron chi connectivity index (χ0n) is 10.1. The predicted molar refractivity (Wildman–Crippen MR) is 73.3 cm³/mol. The molecule has 0 saturated carbocycles. The molecule has 5 heteroatoms. The van der Waals surface area contributed by atoms with Crippen molar-refractivity contribution in [3.8, 4) is 11.5 Å². The Morgan fingerprint density at radius 1 is 0.737 bits per heavy atom. The molecule has 2 nitrogen and oxygen atoms in total. The summed E-state index contributed by atoms with van der Waals surface area (Å²) < 4.78 is 11.5. The van der Waals surface area contributed by atoms with Gasteiger partial charge in [-0.05, 0) is 0 Å². The van der Waals surface area contributed by atoms with E-state index in [0.29, 0.717) is 11.8 Å². The monoisotopic (exact) mass is 372 g/mol. The Bertz CT molecular complexity index is 487. The van der Waals surface area contributed by atoms with Crippen LogP contribution in [0.2, 0.25) is 0 Å². The van der Waals surface area contributed by atoms with Crippen LogP contribution in [0.4, 0.5) is 0 Å². The molecule has 0 radical (unpaired) electrons. The first-order valence-corrected chi connectivity index (χ1v) is 8.79. The first-order valence-electron chi connectivity index (χ1n) is 5.71. The predicted octanol–water partition coefficient (Wildman–Crippen LogP) is 4.53. The van der Waals surface area contributed by atoms with Crippen LogP contribution in [0.25, 0.3) is 0 Å². The van der Waals surface area contributed by atoms with Crippen molar-refractivity contribution in [1.29, 1.82) is 0 Å². The van der Waals surface area contributed by atoms with Gasteiger partial charge in [0.25, 0.3) is 0 Å². The second-order valence-corrected chi connectivity index (χ2v) is 5.72. The summed E-state index contributed by atoms with van der Waals surface area (Å²) in [7, 11) is 0. The minimum absolute atomic E-state index is 0.438. The molecule has 0 N–H and O–H groups in total. The summed E-state index contributed by atoms with van der Waals surface area (Å²) in [6, 6.07) is 15.5. The molecule has 0 saturated heterocycles. The Kier molecular flexibility index (Phi) is 6.23. The van der Waals surface area contributed by atoms with Gasteiger partial charge < -0.3 is 0 Å². The zero-order chi connectivity index (χ0) is 13.5. The van der Waals surface area contributed by atoms with Crippen LogP contribution in [0.15, 0.2) is 48.5 Å². The summed E-state index contributed by atoms with van der Waals surface area (Å²) in [5.41, 5.74) is 1.97. The zero-order valence-corrected chi connectivity index (χ0v) is 14.1. The van der Waals surface area contributed by atoms with Crippen molar-refractivity contribution in [2.45, 2.75) is 11.8 Å². The first-order chi connectivity index (χ1) is 9.35. The van der Waals surface area contributed by atoms with E-state index in [0.717, 1.165) is 22.6 Å². The molecule has 0 aliphatic heterocycles. The Hall–Kier alpha value is -0.497. The number of hydrogen-bond donors (Lipinski definition) is 0. The van der Waals surface area contributed by atoms with E-state index < -0.39 is 24.1 Å². The van der Waals surface area contributed by atoms with Crippen LogP contribution < -0.4 is 5.63 Å². The van der Waals surface area contributed by atoms with Crippen LogP contribution in [0.5, 0.6) is 11.5 Å². The summed E-state index contributed by atoms with van der Waals surface area (Å²) >= 11 is 10.3. The third-order valence-electron chi connectivity index (χ3n) is 2.54. The second-order valence-electron chi connectivity index (χ2n) is 3.77. The van der Waals surface area contributed by atoms with Gasteiger partial charge in [0.05, 0.1) is 0 Å². The Balaban J connectivity index is 1.96. The van der Waals surface area contributed by atoms with Gasteiger partial charge in [-0.15, -0.1) is 0 Å². The summed E-state index contributed by atoms with van der Waals surface area (Å²) in [4.78, 5) is 0. The molecule has 19 heavy (non-hydrogen) atoms. The Labute approximate surface area is 135 Å². The van der Waals surface area contributed by atoms with Gasteiger partial charge in [-0.25, -0.2) is 0 Å². The van der Waals surface area contributed by atoms with E-state index in [9.17, 15) is 0 Å². The number of benzene rings is 2. The fourth-order valence-corrected chi connectivity index (χ4v) is 3.50. The molecule has 0 aromatic heterocycles. The van der Waals surface area contributed by atoms with Gasteiger partial charge in [-0.2, -0.15) is 0 Å². The van der Waals surface area contributed by atoms with Crippen molar-refractivity contribution in [3.05, 3.63) is 59.7 Å². The Morgan fingerprint density at radius 2 is 1.16 bits per heavy atom. The van der Waals surface area contributed by atoms with Crippen molar-refractivity contribution >= 4 is 23.2 Å². The molecule has 0 aliphatic rings. The molecule has 0 aliphatic carbocycles. The number of halogens is 2. The SMILES string of the molecule is ClCc1ccccc1[O][Zr][O]c1ccccc1CCl. The van der Waals surface area contributed by atoms with Gasteiger partial charge in [0.2, 0.25) is 0 Å². The fraction of sp³-hybridized carbons (Fsp3) is 0.143. The number of rotatable bonds is 6. The van der Waals surface area contributed by atoms with Crippen molar-refractivity contribution in [2.24, 2.45) is 0 Å². The average Bonchev–Trinajstić information content (AvgIpc) is 2.48. The average molecular weight is 374 g/mol. The van der Waals surface area contributed by atoms with Crippen molar-refractivity contribution in [1.82, 2.24) is 0 Å². The van der Waals surface area contributed by atoms with E-state index in [1.165, 1.54) is 0 Å². The normalized spacial score (nSPS) is 10.0. The molecule has 0 unspecified atom stereocenters. The van der Waals surface area contributed by atoms with E-state index >= 15 is 0 Å². The molecule has 0 amide bonds. The number of alkyl halides is 2. The molecule has 0 fully saturated rings. The summed E-state index contributed by atoms with van der Waals surface area (Å²) in [6.45, 7) is 0. The van der Waals surface area contributed by atoms with Gasteiger partial charge in [-0.1, -0.05) is 0 Å². The first kappa shape index (κ1) is 14.9. The van der Waals surface area contributed by atoms with Gasteiger partial charge in [0.1, 0.15) is 0 Å². The number of para-hydroxylation sites is 2. The van der Waals surface area contributed by atoms with Crippen LogP contribution in [-0.4, -0.2) is 0 Å². The van der Waals surface area contributed by atoms with E-state index in [2.05, 4.69) is 0 Å². The maximum atomic E-state index is 5.86. The van der Waals surface area contributed by atoms with E-state index in [-0.39, 0.29) is 0 Å². The van der Waals surface area contributed by atoms with Crippen LogP contribution >= 0.6 is 23.2 Å². The molecule has 0 spiro atoms. The number of hydrogen-bond acceptors (Lipinski definition) is 2. The molecule has 0 heterocycles. The minimum atomic E-state index is -1.45. The van der Waals surface area contributed by atoms with Crippen molar-refractivity contribution in [3.63, 3.8) is 0 Å². The quantitative estimate of drug-likeness (QED) is 0.692. The van der Waals surface area contributed by atoms with Crippen molar-refractivity contribution < 1.29 is 29.7 Å². The standard InChI is InChI=1S/2C7H7ClO.Zr/c2*8-5-6-3-1-2-4-7(6)9;/h2*1-4,9H,5H2;/q;;+2/p-2. The third-order valence-corrected chi connectivity index (χ3v) is 4.60. The van der Waals surface area contributed by atoms with E-state index in [1.54, 1.807) is 0 Å². The molecule has 0 bridgehead atoms. The van der Waals surface area contributed by atoms with Gasteiger partial charge >= 0.3 is 136 Å². The topological polar surface area (TPSA) is 18.5 Å². The van der Waals surface area contributed by atoms with Gasteiger partial charge in [0.15, 0.2) is 0 Å². The molecular formula is C14H12Cl2O2Zr. The molecule has 2 aromatic rings. The second kappa shape index (κ2) is 7.94. The Morgan fingerprint density at radius 3 is 1.58 bits per heavy atom. The summed E-state index contributed by atoms with van der Waals surface area (Å²) in [6.07, 6.45) is 0. The maximum absolute atomic E-state index is 5.86. The molecule has 98 valence electrons. The summed E-state index contributed by atoms with van der Waals surface area (Å²) in [5, 5.41) is 0. The van der Waals surface area contributed by atoms with E-state index in [1.807, 2.05) is 48.5 Å². The van der Waals surface area contributed by atoms with Crippen LogP contribution in [0.1, 0.15) is 11.1 Å². The van der Waals surface area contributed by atoms with Gasteiger partial charge in [0, 0.05) is 0 Å². The van der Waals surface area contributed by atoms with Crippen LogP contribution in [0, 0.1) is 0 Å². The van der Waals surface area contributed by atoms with Crippen LogP contribution in [-0.2, 0) is 35.9 Å². The van der Waals surface area contributed by atoms with Gasteiger partial charge in [-0.3, -0.25) is 0 Å². The molecule has 2 aromatic carbocycles. The van der Waals surface area contributed by atoms with Crippen LogP contribution in [0.3, 0.4) is 0 Å². The van der Waals surface area contributed by atoms with Crippen molar-refractivity contribution in [2.75, 3.05) is 0 Å². The molecule has 2 rings (SSSR count).